The van der Waals surface area contributed by atoms with Crippen molar-refractivity contribution in [2.24, 2.45) is 0 Å². The van der Waals surface area contributed by atoms with Crippen molar-refractivity contribution >= 4 is 23.6 Å². The van der Waals surface area contributed by atoms with Gasteiger partial charge in [-0.3, -0.25) is 10.1 Å². The largest absolute Gasteiger partial charge is 0.478 e. The van der Waals surface area contributed by atoms with Gasteiger partial charge in [0.15, 0.2) is 0 Å². The first kappa shape index (κ1) is 16.4. The number of anilines is 1. The van der Waals surface area contributed by atoms with Gasteiger partial charge in [-0.05, 0) is 31.9 Å². The summed E-state index contributed by atoms with van der Waals surface area (Å²) in [7, 11) is 0. The Morgan fingerprint density at radius 3 is 2.29 bits per heavy atom. The molecular weight excluding hydrogens is 272 g/mol. The van der Waals surface area contributed by atoms with E-state index in [1.54, 1.807) is 12.1 Å². The molecule has 6 heteroatoms. The average molecular weight is 290 g/mol. The van der Waals surface area contributed by atoms with Gasteiger partial charge in [0.25, 0.3) is 5.91 Å². The fourth-order valence-electron chi connectivity index (χ4n) is 1.63. The third-order valence-corrected chi connectivity index (χ3v) is 3.10. The van der Waals surface area contributed by atoms with Crippen molar-refractivity contribution in [3.8, 4) is 0 Å². The molecule has 0 aliphatic rings. The van der Waals surface area contributed by atoms with Crippen LogP contribution in [0, 0.1) is 0 Å². The fourth-order valence-corrected chi connectivity index (χ4v) is 1.63. The maximum absolute atomic E-state index is 11.8. The topological polar surface area (TPSA) is 95.5 Å². The van der Waals surface area contributed by atoms with E-state index in [2.05, 4.69) is 10.6 Å². The summed E-state index contributed by atoms with van der Waals surface area (Å²) in [6.45, 7) is 4.61. The summed E-state index contributed by atoms with van der Waals surface area (Å²) >= 11 is 0. The number of aryl methyl sites for hydroxylation is 1. The predicted octanol–water partition coefficient (Wildman–Crippen LogP) is 2.32. The van der Waals surface area contributed by atoms with Crippen LogP contribution in [-0.4, -0.2) is 23.0 Å². The van der Waals surface area contributed by atoms with E-state index < -0.39 is 17.9 Å². The van der Waals surface area contributed by atoms with Crippen molar-refractivity contribution in [1.29, 1.82) is 0 Å². The van der Waals surface area contributed by atoms with E-state index >= 15 is 0 Å². The van der Waals surface area contributed by atoms with Crippen LogP contribution in [0.4, 0.5) is 10.5 Å². The Morgan fingerprint density at radius 1 is 1.10 bits per heavy atom. The smallest absolute Gasteiger partial charge is 0.331 e. The number of benzene rings is 1. The lowest BCUT2D eigenvalue weighted by molar-refractivity contribution is -0.133. The summed E-state index contributed by atoms with van der Waals surface area (Å²) in [5.74, 6) is -1.93. The number of hydrogen-bond donors (Lipinski definition) is 3. The summed E-state index contributed by atoms with van der Waals surface area (Å²) in [5.41, 5.74) is 1.44. The van der Waals surface area contributed by atoms with E-state index in [4.69, 9.17) is 5.11 Å². The molecule has 0 heterocycles. The normalized spacial score (nSPS) is 11.4. The van der Waals surface area contributed by atoms with Crippen LogP contribution >= 0.6 is 0 Å². The highest BCUT2D eigenvalue weighted by molar-refractivity contribution is 6.10. The summed E-state index contributed by atoms with van der Waals surface area (Å²) in [4.78, 5) is 34.3. The second-order valence-corrected chi connectivity index (χ2v) is 4.47. The van der Waals surface area contributed by atoms with Crippen molar-refractivity contribution in [3.63, 3.8) is 0 Å². The van der Waals surface area contributed by atoms with Crippen LogP contribution in [0.15, 0.2) is 35.4 Å². The Morgan fingerprint density at radius 2 is 1.71 bits per heavy atom. The highest BCUT2D eigenvalue weighted by atomic mass is 16.4. The summed E-state index contributed by atoms with van der Waals surface area (Å²) in [5, 5.41) is 13.5. The average Bonchev–Trinajstić information content (AvgIpc) is 2.45. The van der Waals surface area contributed by atoms with E-state index in [0.717, 1.165) is 12.0 Å². The van der Waals surface area contributed by atoms with Gasteiger partial charge in [0.05, 0.1) is 0 Å². The number of aliphatic carboxylic acids is 1. The minimum Gasteiger partial charge on any atom is -0.478 e. The molecule has 0 bridgehead atoms. The number of nitrogens with one attached hydrogen (secondary N) is 2. The van der Waals surface area contributed by atoms with E-state index in [9.17, 15) is 14.4 Å². The number of hydrogen-bond acceptors (Lipinski definition) is 3. The molecule has 3 N–H and O–H groups in total. The molecule has 0 saturated heterocycles. The molecule has 0 saturated carbocycles. The molecule has 0 radical (unpaired) electrons. The highest BCUT2D eigenvalue weighted by Gasteiger charge is 2.15. The molecule has 0 aliphatic carbocycles. The maximum atomic E-state index is 11.8. The molecule has 1 rings (SSSR count). The molecular formula is C15H18N2O4. The quantitative estimate of drug-likeness (QED) is 0.741. The Bertz CT molecular complexity index is 605. The third-order valence-electron chi connectivity index (χ3n) is 3.10. The molecule has 0 unspecified atom stereocenters. The molecule has 6 nitrogen and oxygen atoms in total. The fraction of sp³-hybridized carbons (Fsp3) is 0.267. The monoisotopic (exact) mass is 290 g/mol. The Balaban J connectivity index is 2.77. The standard InChI is InChI=1S/C15H18N2O4/c1-4-11-7-5-6-8-12(11)16-15(21)17-13(18)9(2)10(3)14(19)20/h5-8H,4H2,1-3H3,(H,19,20)(H2,16,17,18,21). The van der Waals surface area contributed by atoms with Crippen molar-refractivity contribution in [2.75, 3.05) is 5.32 Å². The van der Waals surface area contributed by atoms with E-state index in [1.165, 1.54) is 13.8 Å². The number of rotatable bonds is 4. The van der Waals surface area contributed by atoms with Crippen molar-refractivity contribution in [2.45, 2.75) is 27.2 Å². The number of carboxylic acid groups (broad SMARTS) is 1. The van der Waals surface area contributed by atoms with Gasteiger partial charge >= 0.3 is 12.0 Å². The van der Waals surface area contributed by atoms with Gasteiger partial charge < -0.3 is 10.4 Å². The molecule has 0 fully saturated rings. The van der Waals surface area contributed by atoms with Crippen LogP contribution in [0.3, 0.4) is 0 Å². The third kappa shape index (κ3) is 4.45. The number of amides is 3. The number of para-hydroxylation sites is 1. The Labute approximate surface area is 122 Å². The first-order valence-corrected chi connectivity index (χ1v) is 6.47. The molecule has 112 valence electrons. The zero-order chi connectivity index (χ0) is 16.0. The van der Waals surface area contributed by atoms with Gasteiger partial charge in [-0.1, -0.05) is 25.1 Å². The van der Waals surface area contributed by atoms with Crippen molar-refractivity contribution in [1.82, 2.24) is 5.32 Å². The zero-order valence-electron chi connectivity index (χ0n) is 12.2. The second kappa shape index (κ2) is 7.23. The van der Waals surface area contributed by atoms with Gasteiger partial charge in [-0.15, -0.1) is 0 Å². The molecule has 1 aromatic rings. The van der Waals surface area contributed by atoms with Crippen LogP contribution in [0.2, 0.25) is 0 Å². The van der Waals surface area contributed by atoms with Crippen molar-refractivity contribution < 1.29 is 19.5 Å². The molecule has 3 amide bonds. The van der Waals surface area contributed by atoms with E-state index in [0.29, 0.717) is 5.69 Å². The van der Waals surface area contributed by atoms with E-state index in [1.807, 2.05) is 19.1 Å². The number of imide groups is 1. The van der Waals surface area contributed by atoms with Crippen molar-refractivity contribution in [3.05, 3.63) is 41.0 Å². The van der Waals surface area contributed by atoms with Gasteiger partial charge in [-0.2, -0.15) is 0 Å². The second-order valence-electron chi connectivity index (χ2n) is 4.47. The molecule has 0 atom stereocenters. The molecule has 0 spiro atoms. The number of carboxylic acids is 1. The Kier molecular flexibility index (Phi) is 5.66. The van der Waals surface area contributed by atoms with Crippen LogP contribution in [-0.2, 0) is 16.0 Å². The van der Waals surface area contributed by atoms with Crippen LogP contribution in [0.1, 0.15) is 26.3 Å². The minimum atomic E-state index is -1.20. The molecule has 0 aliphatic heterocycles. The van der Waals surface area contributed by atoms with Crippen LogP contribution < -0.4 is 10.6 Å². The summed E-state index contributed by atoms with van der Waals surface area (Å²) < 4.78 is 0. The summed E-state index contributed by atoms with van der Waals surface area (Å²) in [6.07, 6.45) is 0.738. The predicted molar refractivity (Wildman–Crippen MR) is 79.0 cm³/mol. The lowest BCUT2D eigenvalue weighted by Crippen LogP contribution is -2.35. The van der Waals surface area contributed by atoms with Gasteiger partial charge in [0.2, 0.25) is 0 Å². The molecule has 21 heavy (non-hydrogen) atoms. The van der Waals surface area contributed by atoms with E-state index in [-0.39, 0.29) is 11.1 Å². The van der Waals surface area contributed by atoms with Crippen LogP contribution in [0.5, 0.6) is 0 Å². The highest BCUT2D eigenvalue weighted by Crippen LogP contribution is 2.15. The molecule has 1 aromatic carbocycles. The number of carbonyl (C=O) groups is 3. The minimum absolute atomic E-state index is 0.0126. The maximum Gasteiger partial charge on any atom is 0.331 e. The Hall–Kier alpha value is -2.63. The lowest BCUT2D eigenvalue weighted by Gasteiger charge is -2.10. The lowest BCUT2D eigenvalue weighted by atomic mass is 10.1. The first-order valence-electron chi connectivity index (χ1n) is 6.47. The SMILES string of the molecule is CCc1ccccc1NC(=O)NC(=O)C(C)=C(C)C(=O)O. The van der Waals surface area contributed by atoms with Gasteiger partial charge in [-0.25, -0.2) is 9.59 Å². The van der Waals surface area contributed by atoms with Crippen LogP contribution in [0.25, 0.3) is 0 Å². The summed E-state index contributed by atoms with van der Waals surface area (Å²) in [6, 6.07) is 6.54. The number of urea groups is 1. The first-order chi connectivity index (χ1) is 9.86. The van der Waals surface area contributed by atoms with Gasteiger partial charge in [0, 0.05) is 16.8 Å². The zero-order valence-corrected chi connectivity index (χ0v) is 12.2. The molecule has 0 aromatic heterocycles. The van der Waals surface area contributed by atoms with Gasteiger partial charge in [0.1, 0.15) is 0 Å². The number of carbonyl (C=O) groups excluding carboxylic acids is 2.